The second-order valence-corrected chi connectivity index (χ2v) is 27.0. The molecule has 10 nitrogen and oxygen atoms in total. The van der Waals surface area contributed by atoms with Crippen molar-refractivity contribution in [3.63, 3.8) is 0 Å². The van der Waals surface area contributed by atoms with Gasteiger partial charge in [0.25, 0.3) is 23.6 Å². The predicted octanol–water partition coefficient (Wildman–Crippen LogP) is 22.3. The van der Waals surface area contributed by atoms with Crippen LogP contribution < -0.4 is 9.80 Å². The van der Waals surface area contributed by atoms with Gasteiger partial charge in [0.15, 0.2) is 0 Å². The van der Waals surface area contributed by atoms with Crippen molar-refractivity contribution in [2.75, 3.05) is 9.80 Å². The number of benzene rings is 15. The van der Waals surface area contributed by atoms with Gasteiger partial charge in [0.1, 0.15) is 0 Å². The number of rotatable bonds is 6. The number of fused-ring (bicyclic) bond motifs is 14. The van der Waals surface area contributed by atoms with Crippen LogP contribution in [0.4, 0.5) is 11.4 Å². The zero-order chi connectivity index (χ0) is 65.4. The minimum Gasteiger partial charge on any atom is -0.309 e. The third-order valence-corrected chi connectivity index (χ3v) is 21.7. The van der Waals surface area contributed by atoms with E-state index in [4.69, 9.17) is 46.4 Å². The first-order valence-electron chi connectivity index (χ1n) is 32.0. The highest BCUT2D eigenvalue weighted by molar-refractivity contribution is 6.57. The molecule has 0 unspecified atom stereocenters. The van der Waals surface area contributed by atoms with Crippen LogP contribution in [0.1, 0.15) is 41.4 Å². The van der Waals surface area contributed by atoms with E-state index in [-0.39, 0.29) is 42.3 Å². The van der Waals surface area contributed by atoms with Gasteiger partial charge in [-0.05, 0) is 109 Å². The number of anilines is 2. The first-order chi connectivity index (χ1) is 48.0. The van der Waals surface area contributed by atoms with Gasteiger partial charge >= 0.3 is 0 Å². The third kappa shape index (κ3) is 7.22. The summed E-state index contributed by atoms with van der Waals surface area (Å²) in [5, 5.41) is 11.7. The zero-order valence-electron chi connectivity index (χ0n) is 51.1. The van der Waals surface area contributed by atoms with Crippen LogP contribution in [-0.2, 0) is 0 Å². The van der Waals surface area contributed by atoms with Gasteiger partial charge in [0, 0.05) is 106 Å². The molecule has 98 heavy (non-hydrogen) atoms. The minimum absolute atomic E-state index is 0.119. The fourth-order valence-electron chi connectivity index (χ4n) is 16.7. The van der Waals surface area contributed by atoms with Crippen LogP contribution in [0.25, 0.3) is 153 Å². The van der Waals surface area contributed by atoms with Gasteiger partial charge in [-0.25, -0.2) is 9.80 Å². The molecule has 0 spiro atoms. The molecule has 0 aliphatic carbocycles. The molecule has 21 rings (SSSR count). The highest BCUT2D eigenvalue weighted by Gasteiger charge is 2.42. The van der Waals surface area contributed by atoms with Crippen molar-refractivity contribution in [2.45, 2.75) is 0 Å². The van der Waals surface area contributed by atoms with Crippen molar-refractivity contribution in [2.24, 2.45) is 0 Å². The maximum Gasteiger partial charge on any atom is 0.266 e. The molecule has 0 saturated heterocycles. The Morgan fingerprint density at radius 3 is 0.561 bits per heavy atom. The van der Waals surface area contributed by atoms with Crippen molar-refractivity contribution in [3.8, 4) is 22.7 Å². The topological polar surface area (TPSA) is 94.5 Å². The van der Waals surface area contributed by atoms with Gasteiger partial charge in [-0.1, -0.05) is 192 Å². The zero-order valence-corrected chi connectivity index (χ0v) is 54.1. The number of aromatic nitrogens is 4. The fraction of sp³-hybridized carbons (Fsp3) is 0. The van der Waals surface area contributed by atoms with E-state index in [0.717, 1.165) is 87.2 Å². The second-order valence-electron chi connectivity index (χ2n) is 25.4. The quantitative estimate of drug-likeness (QED) is 0.0941. The van der Waals surface area contributed by atoms with E-state index in [1.54, 1.807) is 24.3 Å². The van der Waals surface area contributed by atoms with Crippen LogP contribution in [0.15, 0.2) is 255 Å². The first kappa shape index (κ1) is 55.5. The molecule has 19 aromatic rings. The maximum atomic E-state index is 16.0. The summed E-state index contributed by atoms with van der Waals surface area (Å²) in [6.45, 7) is 0. The van der Waals surface area contributed by atoms with Crippen LogP contribution in [0.3, 0.4) is 0 Å². The normalized spacial score (nSPS) is 13.6. The molecule has 2 aliphatic rings. The number of hydrogen-bond acceptors (Lipinski definition) is 4. The van der Waals surface area contributed by atoms with E-state index in [0.29, 0.717) is 77.2 Å². The highest BCUT2D eigenvalue weighted by Crippen LogP contribution is 2.55. The number of halogens is 4. The molecule has 4 amide bonds. The van der Waals surface area contributed by atoms with Crippen LogP contribution in [0.2, 0.25) is 20.1 Å². The van der Waals surface area contributed by atoms with E-state index in [9.17, 15) is 0 Å². The standard InChI is InChI=1S/C84H42Cl4N6O4/c85-61-39-57-73-58(82(96)93(81(57)95)47-35-43(89-65-25-9-1-17-49(65)50-18-2-10-26-66(50)89)33-44(36-47)90-67-27-11-3-19-51(67)52-20-4-12-28-68(52)90)40-62(86)76-78-64(88)42-60-74-59(41-63(87)77(80(74)78)75(61)79(73)76)83(97)94(84(60)98)48-37-45(91-69-29-13-5-21-53(69)54-22-6-14-30-70(54)91)34-46(38-48)92-71-31-15-7-23-55(71)56-24-8-16-32-72(56)92/h1-42H. The Morgan fingerprint density at radius 2 is 0.367 bits per heavy atom. The molecule has 0 N–H and O–H groups in total. The molecule has 14 heteroatoms. The van der Waals surface area contributed by atoms with Crippen LogP contribution in [0.5, 0.6) is 0 Å². The lowest BCUT2D eigenvalue weighted by Crippen LogP contribution is -2.41. The number of hydrogen-bond donors (Lipinski definition) is 0. The van der Waals surface area contributed by atoms with Gasteiger partial charge in [0.2, 0.25) is 0 Å². The van der Waals surface area contributed by atoms with Crippen molar-refractivity contribution in [1.82, 2.24) is 18.3 Å². The molecule has 0 saturated carbocycles. The summed E-state index contributed by atoms with van der Waals surface area (Å²) < 4.78 is 8.69. The molecule has 2 aliphatic heterocycles. The fourth-order valence-corrected chi connectivity index (χ4v) is 17.9. The predicted molar refractivity (Wildman–Crippen MR) is 400 cm³/mol. The summed E-state index contributed by atoms with van der Waals surface area (Å²) in [6.07, 6.45) is 0. The lowest BCUT2D eigenvalue weighted by Gasteiger charge is -2.32. The smallest absolute Gasteiger partial charge is 0.266 e. The SMILES string of the molecule is O=C1c2cc(Cl)c3c4c(Cl)cc5c6c(cc(Cl)c(c7c(Cl)cc(c2c37)C(=O)N1c1cc(-n2c3ccccc3c3ccccc32)cc(-n2c3ccccc3c3ccccc32)c1)c64)C(=O)N(c1cc(-n2c3ccccc3c3ccccc32)cc(-n2c3ccccc3c3ccccc32)c1)C5=O. The van der Waals surface area contributed by atoms with E-state index >= 15 is 19.2 Å². The summed E-state index contributed by atoms with van der Waals surface area (Å²) in [6, 6.07) is 83.7. The Labute approximate surface area is 574 Å². The largest absolute Gasteiger partial charge is 0.309 e. The Kier molecular flexibility index (Phi) is 11.3. The van der Waals surface area contributed by atoms with Gasteiger partial charge in [-0.3, -0.25) is 19.2 Å². The van der Waals surface area contributed by atoms with Gasteiger partial charge in [0.05, 0.1) is 101 Å². The average molecular weight is 1340 g/mol. The molecular weight excluding hydrogens is 1300 g/mol. The maximum absolute atomic E-state index is 16.0. The summed E-state index contributed by atoms with van der Waals surface area (Å²) in [5.74, 6) is -2.48. The molecular formula is C84H42Cl4N6O4. The number of carbonyl (C=O) groups excluding carboxylic acids is 4. The molecule has 4 aromatic heterocycles. The van der Waals surface area contributed by atoms with Crippen molar-refractivity contribution in [3.05, 3.63) is 297 Å². The molecule has 0 atom stereocenters. The molecule has 6 heterocycles. The molecule has 0 fully saturated rings. The van der Waals surface area contributed by atoms with Gasteiger partial charge < -0.3 is 18.3 Å². The number of imide groups is 2. The monoisotopic (exact) mass is 1340 g/mol. The summed E-state index contributed by atoms with van der Waals surface area (Å²) in [5.41, 5.74) is 11.6. The second kappa shape index (κ2) is 19.9. The highest BCUT2D eigenvalue weighted by atomic mass is 35.5. The number of para-hydroxylation sites is 8. The average Bonchev–Trinajstić information content (AvgIpc) is 0.993. The molecule has 0 bridgehead atoms. The first-order valence-corrected chi connectivity index (χ1v) is 33.5. The minimum atomic E-state index is -0.621. The number of amides is 4. The third-order valence-electron chi connectivity index (χ3n) is 20.5. The van der Waals surface area contributed by atoms with E-state index in [2.05, 4.69) is 127 Å². The van der Waals surface area contributed by atoms with Crippen LogP contribution >= 0.6 is 46.4 Å². The van der Waals surface area contributed by atoms with Crippen molar-refractivity contribution < 1.29 is 19.2 Å². The van der Waals surface area contributed by atoms with E-state index in [1.807, 2.05) is 121 Å². The van der Waals surface area contributed by atoms with Crippen molar-refractivity contribution >= 4 is 212 Å². The lowest BCUT2D eigenvalue weighted by atomic mass is 9.82. The van der Waals surface area contributed by atoms with Crippen LogP contribution in [0, 0.1) is 0 Å². The Bertz CT molecular complexity index is 5970. The van der Waals surface area contributed by atoms with E-state index < -0.39 is 23.6 Å². The molecule has 0 radical (unpaired) electrons. The Hall–Kier alpha value is -11.8. The Balaban J connectivity index is 0.763. The van der Waals surface area contributed by atoms with Crippen LogP contribution in [-0.4, -0.2) is 41.9 Å². The van der Waals surface area contributed by atoms with Crippen molar-refractivity contribution in [1.29, 1.82) is 0 Å². The molecule has 15 aromatic carbocycles. The number of carbonyl (C=O) groups is 4. The summed E-state index contributed by atoms with van der Waals surface area (Å²) >= 11 is 30.8. The molecule has 460 valence electrons. The van der Waals surface area contributed by atoms with Gasteiger partial charge in [-0.15, -0.1) is 0 Å². The Morgan fingerprint density at radius 1 is 0.194 bits per heavy atom. The lowest BCUT2D eigenvalue weighted by molar-refractivity contribution is 0.0877. The number of nitrogens with zero attached hydrogens (tertiary/aromatic N) is 6. The summed E-state index contributed by atoms with van der Waals surface area (Å²) in [7, 11) is 0. The van der Waals surface area contributed by atoms with Gasteiger partial charge in [-0.2, -0.15) is 0 Å². The van der Waals surface area contributed by atoms with E-state index in [1.165, 1.54) is 9.80 Å². The summed E-state index contributed by atoms with van der Waals surface area (Å²) in [4.78, 5) is 66.5.